The van der Waals surface area contributed by atoms with Gasteiger partial charge in [-0.3, -0.25) is 15.1 Å². The normalized spacial score (nSPS) is 19.6. The molecule has 8 nitrogen and oxygen atoms in total. The van der Waals surface area contributed by atoms with Gasteiger partial charge in [-0.1, -0.05) is 12.1 Å². The van der Waals surface area contributed by atoms with Gasteiger partial charge in [0.2, 0.25) is 5.96 Å². The third-order valence-corrected chi connectivity index (χ3v) is 3.96. The minimum Gasteiger partial charge on any atom is -0.368 e. The highest BCUT2D eigenvalue weighted by Gasteiger charge is 2.28. The van der Waals surface area contributed by atoms with Crippen molar-refractivity contribution >= 4 is 40.6 Å². The van der Waals surface area contributed by atoms with Gasteiger partial charge >= 0.3 is 0 Å². The van der Waals surface area contributed by atoms with Gasteiger partial charge in [0.25, 0.3) is 5.69 Å². The van der Waals surface area contributed by atoms with E-state index in [1.807, 2.05) is 0 Å². The Hall–Kier alpha value is -2.55. The zero-order valence-electron chi connectivity index (χ0n) is 10.7. The number of aliphatic imine (C=N–C) groups is 4. The van der Waals surface area contributed by atoms with E-state index in [0.29, 0.717) is 11.6 Å². The van der Waals surface area contributed by atoms with Crippen LogP contribution in [0.5, 0.6) is 0 Å². The van der Waals surface area contributed by atoms with Crippen molar-refractivity contribution in [3.8, 4) is 0 Å². The second kappa shape index (κ2) is 5.44. The molecule has 21 heavy (non-hydrogen) atoms. The van der Waals surface area contributed by atoms with Crippen LogP contribution in [0, 0.1) is 10.1 Å². The van der Waals surface area contributed by atoms with Crippen LogP contribution in [0.4, 0.5) is 5.69 Å². The fraction of sp³-hybridized carbons (Fsp3) is 0.167. The molecule has 0 spiro atoms. The summed E-state index contributed by atoms with van der Waals surface area (Å²) in [6.45, 7) is 0. The topological polar surface area (TPSA) is 119 Å². The van der Waals surface area contributed by atoms with Gasteiger partial charge in [-0.05, 0) is 5.56 Å². The van der Waals surface area contributed by atoms with Crippen molar-refractivity contribution in [2.24, 2.45) is 25.7 Å². The van der Waals surface area contributed by atoms with Gasteiger partial charge in [-0.15, -0.1) is 11.8 Å². The smallest absolute Gasteiger partial charge is 0.269 e. The number of hydrogen-bond donors (Lipinski definition) is 1. The lowest BCUT2D eigenvalue weighted by Gasteiger charge is -2.15. The van der Waals surface area contributed by atoms with Crippen molar-refractivity contribution in [3.05, 3.63) is 39.9 Å². The third kappa shape index (κ3) is 2.82. The number of rotatable bonds is 3. The first kappa shape index (κ1) is 13.4. The molecule has 1 unspecified atom stereocenters. The van der Waals surface area contributed by atoms with Gasteiger partial charge in [0, 0.05) is 17.9 Å². The highest BCUT2D eigenvalue weighted by atomic mass is 32.2. The van der Waals surface area contributed by atoms with Crippen LogP contribution in [-0.4, -0.2) is 34.1 Å². The zero-order valence-corrected chi connectivity index (χ0v) is 11.5. The summed E-state index contributed by atoms with van der Waals surface area (Å²) in [5, 5.41) is 11.3. The summed E-state index contributed by atoms with van der Waals surface area (Å²) in [6, 6.07) is 6.13. The second-order valence-electron chi connectivity index (χ2n) is 4.29. The van der Waals surface area contributed by atoms with Gasteiger partial charge < -0.3 is 5.73 Å². The lowest BCUT2D eigenvalue weighted by molar-refractivity contribution is -0.384. The van der Waals surface area contributed by atoms with Crippen molar-refractivity contribution in [1.82, 2.24) is 0 Å². The predicted octanol–water partition coefficient (Wildman–Crippen LogP) is 1.36. The molecule has 0 saturated carbocycles. The Labute approximate surface area is 123 Å². The van der Waals surface area contributed by atoms with Crippen LogP contribution in [0.3, 0.4) is 0 Å². The molecule has 2 heterocycles. The Morgan fingerprint density at radius 1 is 1.29 bits per heavy atom. The lowest BCUT2D eigenvalue weighted by Crippen LogP contribution is -2.31. The average Bonchev–Trinajstić information content (AvgIpc) is 2.93. The maximum Gasteiger partial charge on any atom is 0.269 e. The van der Waals surface area contributed by atoms with E-state index >= 15 is 0 Å². The first-order valence-electron chi connectivity index (χ1n) is 6.02. The lowest BCUT2D eigenvalue weighted by atomic mass is 10.2. The quantitative estimate of drug-likeness (QED) is 0.669. The Bertz CT molecular complexity index is 707. The summed E-state index contributed by atoms with van der Waals surface area (Å²) >= 11 is 1.47. The monoisotopic (exact) mass is 302 g/mol. The number of benzene rings is 1. The molecular formula is C12H10N6O2S. The van der Waals surface area contributed by atoms with E-state index in [1.54, 1.807) is 12.1 Å². The fourth-order valence-electron chi connectivity index (χ4n) is 1.86. The number of nitro benzene ring substituents is 1. The molecule has 1 aromatic carbocycles. The third-order valence-electron chi connectivity index (χ3n) is 2.87. The molecule has 0 saturated heterocycles. The summed E-state index contributed by atoms with van der Waals surface area (Å²) < 4.78 is 0. The summed E-state index contributed by atoms with van der Waals surface area (Å²) in [7, 11) is 0. The van der Waals surface area contributed by atoms with Crippen LogP contribution in [0.25, 0.3) is 0 Å². The number of non-ortho nitro benzene ring substituents is 1. The largest absolute Gasteiger partial charge is 0.368 e. The Balaban J connectivity index is 1.70. The van der Waals surface area contributed by atoms with Crippen molar-refractivity contribution in [1.29, 1.82) is 0 Å². The van der Waals surface area contributed by atoms with E-state index < -0.39 is 4.92 Å². The zero-order chi connectivity index (χ0) is 14.8. The fourth-order valence-corrected chi connectivity index (χ4v) is 2.85. The first-order chi connectivity index (χ1) is 10.1. The SMILES string of the molecule is NC1=NC2=NC=NC2C(SCc2ccc([N+](=O)[O-])cc2)=N1. The molecule has 2 N–H and O–H groups in total. The molecule has 0 aliphatic carbocycles. The summed E-state index contributed by atoms with van der Waals surface area (Å²) in [6.07, 6.45) is 1.45. The van der Waals surface area contributed by atoms with Crippen LogP contribution in [0.2, 0.25) is 0 Å². The number of thioether (sulfide) groups is 1. The van der Waals surface area contributed by atoms with Crippen LogP contribution < -0.4 is 5.73 Å². The highest BCUT2D eigenvalue weighted by Crippen LogP contribution is 2.23. The minimum absolute atomic E-state index is 0.0740. The molecule has 1 atom stereocenters. The molecule has 0 aromatic heterocycles. The predicted molar refractivity (Wildman–Crippen MR) is 83.2 cm³/mol. The number of nitro groups is 1. The number of fused-ring (bicyclic) bond motifs is 1. The Morgan fingerprint density at radius 3 is 2.76 bits per heavy atom. The van der Waals surface area contributed by atoms with Gasteiger partial charge in [0.05, 0.1) is 4.92 Å². The Kier molecular flexibility index (Phi) is 3.48. The molecule has 0 amide bonds. The average molecular weight is 302 g/mol. The molecule has 0 radical (unpaired) electrons. The number of amidine groups is 1. The van der Waals surface area contributed by atoms with Gasteiger partial charge in [0.15, 0.2) is 11.9 Å². The second-order valence-corrected chi connectivity index (χ2v) is 5.28. The molecule has 3 rings (SSSR count). The highest BCUT2D eigenvalue weighted by molar-refractivity contribution is 8.13. The maximum absolute atomic E-state index is 10.6. The van der Waals surface area contributed by atoms with Crippen molar-refractivity contribution in [3.63, 3.8) is 0 Å². The molecule has 1 aromatic rings. The van der Waals surface area contributed by atoms with E-state index in [1.165, 1.54) is 30.2 Å². The minimum atomic E-state index is -0.421. The standard InChI is InChI=1S/C12H10N6O2S/c13-12-16-10-9(14-6-15-10)11(17-12)21-5-7-1-3-8(4-2-7)18(19)20/h1-4,6,9H,5H2,(H2,13,14,15,16). The van der Waals surface area contributed by atoms with E-state index in [0.717, 1.165) is 10.6 Å². The number of hydrogen-bond acceptors (Lipinski definition) is 8. The van der Waals surface area contributed by atoms with E-state index in [9.17, 15) is 10.1 Å². The van der Waals surface area contributed by atoms with E-state index in [-0.39, 0.29) is 17.7 Å². The van der Waals surface area contributed by atoms with Crippen LogP contribution in [-0.2, 0) is 5.75 Å². The molecule has 2 aliphatic rings. The molecular weight excluding hydrogens is 292 g/mol. The van der Waals surface area contributed by atoms with Crippen LogP contribution >= 0.6 is 11.8 Å². The number of nitrogens with zero attached hydrogens (tertiary/aromatic N) is 5. The van der Waals surface area contributed by atoms with Crippen molar-refractivity contribution in [2.75, 3.05) is 0 Å². The van der Waals surface area contributed by atoms with Gasteiger partial charge in [0.1, 0.15) is 11.4 Å². The summed E-state index contributed by atoms with van der Waals surface area (Å²) in [5.74, 6) is 1.33. The number of guanidine groups is 1. The van der Waals surface area contributed by atoms with Crippen molar-refractivity contribution in [2.45, 2.75) is 11.8 Å². The molecule has 2 aliphatic heterocycles. The van der Waals surface area contributed by atoms with Gasteiger partial charge in [-0.25, -0.2) is 9.98 Å². The number of nitrogens with two attached hydrogens (primary N) is 1. The summed E-state index contributed by atoms with van der Waals surface area (Å²) in [4.78, 5) is 26.6. The summed E-state index contributed by atoms with van der Waals surface area (Å²) in [5.41, 5.74) is 6.67. The molecule has 9 heteroatoms. The molecule has 106 valence electrons. The van der Waals surface area contributed by atoms with Crippen molar-refractivity contribution < 1.29 is 4.92 Å². The first-order valence-corrected chi connectivity index (χ1v) is 7.00. The molecule has 0 bridgehead atoms. The Morgan fingerprint density at radius 2 is 2.05 bits per heavy atom. The maximum atomic E-state index is 10.6. The van der Waals surface area contributed by atoms with E-state index in [2.05, 4.69) is 20.0 Å². The van der Waals surface area contributed by atoms with Gasteiger partial charge in [-0.2, -0.15) is 4.99 Å². The van der Waals surface area contributed by atoms with Crippen LogP contribution in [0.1, 0.15) is 5.56 Å². The molecule has 0 fully saturated rings. The van der Waals surface area contributed by atoms with E-state index in [4.69, 9.17) is 5.73 Å². The van der Waals surface area contributed by atoms with Crippen LogP contribution in [0.15, 0.2) is 44.2 Å².